The first-order valence-electron chi connectivity index (χ1n) is 18.0. The van der Waals surface area contributed by atoms with E-state index in [0.29, 0.717) is 5.82 Å². The molecule has 0 amide bonds. The summed E-state index contributed by atoms with van der Waals surface area (Å²) in [4.78, 5) is 15.6. The summed E-state index contributed by atoms with van der Waals surface area (Å²) in [5, 5.41) is 6.22. The van der Waals surface area contributed by atoms with Crippen molar-refractivity contribution in [1.29, 1.82) is 0 Å². The lowest BCUT2D eigenvalue weighted by atomic mass is 9.98. The molecule has 0 saturated heterocycles. The van der Waals surface area contributed by atoms with Gasteiger partial charge in [-0.1, -0.05) is 152 Å². The second-order valence-corrected chi connectivity index (χ2v) is 15.7. The average molecular weight is 724 g/mol. The van der Waals surface area contributed by atoms with Gasteiger partial charge in [0.2, 0.25) is 0 Å². The van der Waals surface area contributed by atoms with Gasteiger partial charge in [-0.25, -0.2) is 15.0 Å². The maximum Gasteiger partial charge on any atom is 0.160 e. The predicted octanol–water partition coefficient (Wildman–Crippen LogP) is 14.1. The molecule has 0 aliphatic carbocycles. The van der Waals surface area contributed by atoms with E-state index in [9.17, 15) is 0 Å². The highest BCUT2D eigenvalue weighted by atomic mass is 32.1. The zero-order chi connectivity index (χ0) is 35.6. The zero-order valence-corrected chi connectivity index (χ0v) is 30.5. The lowest BCUT2D eigenvalue weighted by Crippen LogP contribution is -1.96. The van der Waals surface area contributed by atoms with E-state index in [1.165, 1.54) is 56.9 Å². The summed E-state index contributed by atoms with van der Waals surface area (Å²) in [6.45, 7) is 0. The predicted molar refractivity (Wildman–Crippen MR) is 230 cm³/mol. The van der Waals surface area contributed by atoms with Gasteiger partial charge in [-0.3, -0.25) is 0 Å². The summed E-state index contributed by atoms with van der Waals surface area (Å²) in [6.07, 6.45) is 0. The van der Waals surface area contributed by atoms with E-state index in [1.807, 2.05) is 59.1 Å². The average Bonchev–Trinajstić information content (AvgIpc) is 3.83. The molecule has 0 radical (unpaired) electrons. The van der Waals surface area contributed by atoms with E-state index in [0.717, 1.165) is 44.9 Å². The monoisotopic (exact) mass is 723 g/mol. The standard InChI is InChI=1S/C49H29N3S2/c1-3-12-30(13-4-1)40-29-41(31-14-5-2-6-15-31)52-49(51-40)33-24-22-32(23-25-33)46-45-39-17-8-10-21-44(39)54-48(45)38-27-26-34(28-42(38)50-46)35-18-11-19-37-36-16-7-9-20-43(36)53-47(35)37/h1-29H. The minimum atomic E-state index is 0.694. The highest BCUT2D eigenvalue weighted by Gasteiger charge is 2.19. The van der Waals surface area contributed by atoms with Gasteiger partial charge in [-0.2, -0.15) is 0 Å². The Bertz CT molecular complexity index is 3140. The second-order valence-electron chi connectivity index (χ2n) is 13.5. The number of thiophene rings is 2. The molecule has 252 valence electrons. The summed E-state index contributed by atoms with van der Waals surface area (Å²) in [6, 6.07) is 62.2. The van der Waals surface area contributed by atoms with E-state index < -0.39 is 0 Å². The van der Waals surface area contributed by atoms with Crippen LogP contribution in [0.15, 0.2) is 176 Å². The fraction of sp³-hybridized carbons (Fsp3) is 0. The number of rotatable bonds is 5. The van der Waals surface area contributed by atoms with Crippen LogP contribution >= 0.6 is 22.7 Å². The smallest absolute Gasteiger partial charge is 0.160 e. The van der Waals surface area contributed by atoms with Crippen LogP contribution in [0.2, 0.25) is 0 Å². The van der Waals surface area contributed by atoms with Crippen LogP contribution < -0.4 is 0 Å². The third kappa shape index (κ3) is 5.12. The minimum absolute atomic E-state index is 0.694. The van der Waals surface area contributed by atoms with Gasteiger partial charge >= 0.3 is 0 Å². The Kier molecular flexibility index (Phi) is 7.22. The molecule has 11 aromatic rings. The highest BCUT2D eigenvalue weighted by Crippen LogP contribution is 2.45. The molecule has 0 N–H and O–H groups in total. The highest BCUT2D eigenvalue weighted by molar-refractivity contribution is 7.27. The molecule has 0 aliphatic rings. The third-order valence-electron chi connectivity index (χ3n) is 10.3. The molecule has 5 heteroatoms. The minimum Gasteiger partial charge on any atom is -0.247 e. The summed E-state index contributed by atoms with van der Waals surface area (Å²) in [5.74, 6) is 0.694. The number of fused-ring (bicyclic) bond motifs is 8. The van der Waals surface area contributed by atoms with E-state index >= 15 is 0 Å². The summed E-state index contributed by atoms with van der Waals surface area (Å²) < 4.78 is 5.15. The summed E-state index contributed by atoms with van der Waals surface area (Å²) in [7, 11) is 0. The molecule has 11 rings (SSSR count). The molecular formula is C49H29N3S2. The molecule has 0 aliphatic heterocycles. The van der Waals surface area contributed by atoms with Gasteiger partial charge in [0, 0.05) is 68.0 Å². The largest absolute Gasteiger partial charge is 0.247 e. The molecule has 7 aromatic carbocycles. The van der Waals surface area contributed by atoms with E-state index in [-0.39, 0.29) is 0 Å². The van der Waals surface area contributed by atoms with E-state index in [2.05, 4.69) is 140 Å². The topological polar surface area (TPSA) is 38.7 Å². The first kappa shape index (κ1) is 31.0. The van der Waals surface area contributed by atoms with Gasteiger partial charge < -0.3 is 0 Å². The Hall–Kier alpha value is -6.53. The number of pyridine rings is 1. The fourth-order valence-electron chi connectivity index (χ4n) is 7.68. The van der Waals surface area contributed by atoms with Crippen LogP contribution in [0.1, 0.15) is 0 Å². The quantitative estimate of drug-likeness (QED) is 0.177. The lowest BCUT2D eigenvalue weighted by molar-refractivity contribution is 1.18. The molecular weight excluding hydrogens is 695 g/mol. The molecule has 0 saturated carbocycles. The van der Waals surface area contributed by atoms with Crippen LogP contribution in [-0.2, 0) is 0 Å². The first-order valence-corrected chi connectivity index (χ1v) is 19.6. The van der Waals surface area contributed by atoms with Crippen LogP contribution in [0.5, 0.6) is 0 Å². The van der Waals surface area contributed by atoms with Crippen molar-refractivity contribution in [3.63, 3.8) is 0 Å². The van der Waals surface area contributed by atoms with E-state index in [4.69, 9.17) is 15.0 Å². The van der Waals surface area contributed by atoms with Crippen LogP contribution in [0.4, 0.5) is 0 Å². The normalized spacial score (nSPS) is 11.7. The lowest BCUT2D eigenvalue weighted by Gasteiger charge is -2.11. The Labute approximate surface area is 319 Å². The van der Waals surface area contributed by atoms with Gasteiger partial charge in [0.05, 0.1) is 22.6 Å². The molecule has 0 unspecified atom stereocenters. The zero-order valence-electron chi connectivity index (χ0n) is 28.9. The first-order chi connectivity index (χ1) is 26.7. The fourth-order valence-corrected chi connectivity index (χ4v) is 10.2. The Morgan fingerprint density at radius 2 is 0.926 bits per heavy atom. The molecule has 0 spiro atoms. The van der Waals surface area contributed by atoms with Crippen LogP contribution in [0.25, 0.3) is 108 Å². The molecule has 54 heavy (non-hydrogen) atoms. The second kappa shape index (κ2) is 12.6. The molecule has 3 nitrogen and oxygen atoms in total. The van der Waals surface area contributed by atoms with Gasteiger partial charge in [0.15, 0.2) is 5.82 Å². The van der Waals surface area contributed by atoms with Gasteiger partial charge in [0.25, 0.3) is 0 Å². The molecule has 4 heterocycles. The number of hydrogen-bond donors (Lipinski definition) is 0. The van der Waals surface area contributed by atoms with Gasteiger partial charge in [-0.15, -0.1) is 22.7 Å². The Morgan fingerprint density at radius 1 is 0.352 bits per heavy atom. The number of hydrogen-bond acceptors (Lipinski definition) is 5. The summed E-state index contributed by atoms with van der Waals surface area (Å²) in [5.41, 5.74) is 10.3. The number of benzene rings is 7. The number of aromatic nitrogens is 3. The molecule has 0 fully saturated rings. The van der Waals surface area contributed by atoms with Crippen molar-refractivity contribution >= 4 is 73.9 Å². The Balaban J connectivity index is 1.07. The SMILES string of the molecule is c1ccc(-c2cc(-c3ccccc3)nc(-c3ccc(-c4nc5cc(-c6cccc7c6sc6ccccc67)ccc5c5sc6ccccc6c45)cc3)n2)cc1. The van der Waals surface area contributed by atoms with Crippen molar-refractivity contribution in [3.8, 4) is 56.3 Å². The van der Waals surface area contributed by atoms with E-state index in [1.54, 1.807) is 0 Å². The van der Waals surface area contributed by atoms with Crippen LogP contribution in [0.3, 0.4) is 0 Å². The van der Waals surface area contributed by atoms with Crippen molar-refractivity contribution in [1.82, 2.24) is 15.0 Å². The maximum atomic E-state index is 5.49. The van der Waals surface area contributed by atoms with Crippen molar-refractivity contribution in [2.75, 3.05) is 0 Å². The van der Waals surface area contributed by atoms with Crippen molar-refractivity contribution in [3.05, 3.63) is 176 Å². The van der Waals surface area contributed by atoms with Gasteiger partial charge in [0.1, 0.15) is 0 Å². The summed E-state index contributed by atoms with van der Waals surface area (Å²) >= 11 is 3.71. The van der Waals surface area contributed by atoms with Crippen LogP contribution in [0, 0.1) is 0 Å². The van der Waals surface area contributed by atoms with Crippen molar-refractivity contribution < 1.29 is 0 Å². The maximum absolute atomic E-state index is 5.49. The molecule has 0 atom stereocenters. The van der Waals surface area contributed by atoms with Crippen molar-refractivity contribution in [2.24, 2.45) is 0 Å². The number of nitrogens with zero attached hydrogens (tertiary/aromatic N) is 3. The van der Waals surface area contributed by atoms with Crippen molar-refractivity contribution in [2.45, 2.75) is 0 Å². The van der Waals surface area contributed by atoms with Gasteiger partial charge in [-0.05, 0) is 35.4 Å². The third-order valence-corrected chi connectivity index (χ3v) is 12.7. The van der Waals surface area contributed by atoms with Crippen LogP contribution in [-0.4, -0.2) is 15.0 Å². The Morgan fingerprint density at radius 3 is 1.65 bits per heavy atom. The molecule has 4 aromatic heterocycles. The molecule has 0 bridgehead atoms.